The van der Waals surface area contributed by atoms with E-state index in [2.05, 4.69) is 29.3 Å². The van der Waals surface area contributed by atoms with Gasteiger partial charge in [-0.15, -0.1) is 0 Å². The highest BCUT2D eigenvalue weighted by atomic mass is 16.5. The molecule has 4 heteroatoms. The molecule has 1 aliphatic heterocycles. The van der Waals surface area contributed by atoms with Crippen LogP contribution in [0.25, 0.3) is 0 Å². The van der Waals surface area contributed by atoms with Gasteiger partial charge < -0.3 is 15.2 Å². The smallest absolute Gasteiger partial charge is 0.121 e. The maximum atomic E-state index is 9.24. The summed E-state index contributed by atoms with van der Waals surface area (Å²) in [4.78, 5) is 2.32. The Hall–Kier alpha value is -1.10. The van der Waals surface area contributed by atoms with Crippen LogP contribution in [0, 0.1) is 6.92 Å². The lowest BCUT2D eigenvalue weighted by molar-refractivity contribution is 0.179. The molecule has 0 aliphatic carbocycles. The zero-order valence-electron chi connectivity index (χ0n) is 12.6. The van der Waals surface area contributed by atoms with Crippen molar-refractivity contribution in [2.45, 2.75) is 32.4 Å². The fraction of sp³-hybridized carbons (Fsp3) is 0.625. The van der Waals surface area contributed by atoms with Crippen molar-refractivity contribution in [2.24, 2.45) is 0 Å². The Bertz CT molecular complexity index is 417. The number of aliphatic hydroxyl groups is 1. The summed E-state index contributed by atoms with van der Waals surface area (Å²) in [5.74, 6) is 0.930. The van der Waals surface area contributed by atoms with Crippen LogP contribution in [0.5, 0.6) is 5.75 Å². The largest absolute Gasteiger partial charge is 0.496 e. The third-order valence-corrected chi connectivity index (χ3v) is 3.92. The van der Waals surface area contributed by atoms with Crippen LogP contribution in [0.3, 0.4) is 0 Å². The molecule has 1 atom stereocenters. The first-order chi connectivity index (χ1) is 9.72. The van der Waals surface area contributed by atoms with E-state index in [1.807, 2.05) is 6.07 Å². The van der Waals surface area contributed by atoms with Crippen LogP contribution in [0.2, 0.25) is 0 Å². The molecule has 1 aromatic carbocycles. The summed E-state index contributed by atoms with van der Waals surface area (Å²) in [6.07, 6.45) is 2.50. The molecule has 20 heavy (non-hydrogen) atoms. The molecule has 0 aromatic heterocycles. The maximum absolute atomic E-state index is 9.24. The zero-order chi connectivity index (χ0) is 14.4. The van der Waals surface area contributed by atoms with Crippen molar-refractivity contribution in [1.82, 2.24) is 10.2 Å². The number of methoxy groups -OCH3 is 1. The van der Waals surface area contributed by atoms with E-state index in [1.165, 1.54) is 18.4 Å². The highest BCUT2D eigenvalue weighted by Gasteiger charge is 2.17. The summed E-state index contributed by atoms with van der Waals surface area (Å²) in [5, 5.41) is 12.8. The monoisotopic (exact) mass is 278 g/mol. The van der Waals surface area contributed by atoms with E-state index in [0.717, 1.165) is 37.5 Å². The first-order valence-electron chi connectivity index (χ1n) is 7.43. The van der Waals surface area contributed by atoms with Crippen LogP contribution in [0.1, 0.15) is 24.0 Å². The van der Waals surface area contributed by atoms with Gasteiger partial charge in [-0.05, 0) is 43.5 Å². The Balaban J connectivity index is 1.97. The molecule has 2 rings (SSSR count). The summed E-state index contributed by atoms with van der Waals surface area (Å²) in [7, 11) is 1.70. The number of hydrogen-bond donors (Lipinski definition) is 2. The Kier molecular flexibility index (Phi) is 5.83. The zero-order valence-corrected chi connectivity index (χ0v) is 12.6. The Morgan fingerprint density at radius 1 is 1.45 bits per heavy atom. The summed E-state index contributed by atoms with van der Waals surface area (Å²) >= 11 is 0. The number of nitrogens with one attached hydrogen (secondary N) is 1. The molecule has 1 aliphatic rings. The molecule has 1 heterocycles. The second-order valence-electron chi connectivity index (χ2n) is 5.56. The molecule has 4 nitrogen and oxygen atoms in total. The molecule has 1 fully saturated rings. The van der Waals surface area contributed by atoms with Gasteiger partial charge in [0.2, 0.25) is 0 Å². The van der Waals surface area contributed by atoms with Gasteiger partial charge >= 0.3 is 0 Å². The number of rotatable bonds is 7. The average Bonchev–Trinajstić information content (AvgIpc) is 2.92. The third kappa shape index (κ3) is 4.20. The predicted molar refractivity (Wildman–Crippen MR) is 81.1 cm³/mol. The first kappa shape index (κ1) is 15.3. The summed E-state index contributed by atoms with van der Waals surface area (Å²) in [6, 6.07) is 6.88. The Labute approximate surface area is 121 Å². The highest BCUT2D eigenvalue weighted by molar-refractivity contribution is 5.36. The molecule has 1 saturated heterocycles. The number of nitrogens with zero attached hydrogens (tertiary/aromatic N) is 1. The summed E-state index contributed by atoms with van der Waals surface area (Å²) in [6.45, 7) is 6.01. The van der Waals surface area contributed by atoms with Gasteiger partial charge in [-0.2, -0.15) is 0 Å². The lowest BCUT2D eigenvalue weighted by Crippen LogP contribution is -2.38. The lowest BCUT2D eigenvalue weighted by atomic mass is 10.1. The number of aliphatic hydroxyl groups excluding tert-OH is 1. The average molecular weight is 278 g/mol. The van der Waals surface area contributed by atoms with Gasteiger partial charge in [-0.25, -0.2) is 0 Å². The highest BCUT2D eigenvalue weighted by Crippen LogP contribution is 2.19. The Morgan fingerprint density at radius 3 is 2.90 bits per heavy atom. The van der Waals surface area contributed by atoms with Gasteiger partial charge in [0, 0.05) is 25.7 Å². The van der Waals surface area contributed by atoms with Crippen LogP contribution in [-0.4, -0.2) is 49.4 Å². The van der Waals surface area contributed by atoms with E-state index in [9.17, 15) is 5.11 Å². The molecule has 0 spiro atoms. The lowest BCUT2D eigenvalue weighted by Gasteiger charge is -2.25. The van der Waals surface area contributed by atoms with E-state index < -0.39 is 0 Å². The van der Waals surface area contributed by atoms with Crippen LogP contribution < -0.4 is 10.1 Å². The molecule has 2 N–H and O–H groups in total. The van der Waals surface area contributed by atoms with Gasteiger partial charge in [0.05, 0.1) is 13.7 Å². The first-order valence-corrected chi connectivity index (χ1v) is 7.43. The van der Waals surface area contributed by atoms with Crippen molar-refractivity contribution in [3.63, 3.8) is 0 Å². The molecule has 0 saturated carbocycles. The fourth-order valence-electron chi connectivity index (χ4n) is 2.90. The van der Waals surface area contributed by atoms with E-state index in [-0.39, 0.29) is 6.61 Å². The minimum atomic E-state index is 0.210. The van der Waals surface area contributed by atoms with Crippen molar-refractivity contribution >= 4 is 0 Å². The van der Waals surface area contributed by atoms with Gasteiger partial charge in [0.15, 0.2) is 0 Å². The third-order valence-electron chi connectivity index (χ3n) is 3.92. The predicted octanol–water partition coefficient (Wildman–Crippen LogP) is 1.55. The molecule has 1 unspecified atom stereocenters. The summed E-state index contributed by atoms with van der Waals surface area (Å²) < 4.78 is 5.30. The number of aryl methyl sites for hydroxylation is 1. The molecule has 0 radical (unpaired) electrons. The van der Waals surface area contributed by atoms with Crippen molar-refractivity contribution in [3.05, 3.63) is 29.3 Å². The number of hydrogen-bond acceptors (Lipinski definition) is 4. The van der Waals surface area contributed by atoms with Gasteiger partial charge in [-0.3, -0.25) is 4.90 Å². The van der Waals surface area contributed by atoms with Crippen molar-refractivity contribution < 1.29 is 9.84 Å². The number of benzene rings is 1. The summed E-state index contributed by atoms with van der Waals surface area (Å²) in [5.41, 5.74) is 2.43. The SMILES string of the molecule is COc1ccc(CN(CCO)CC2CCCN2)cc1C. The molecule has 0 amide bonds. The normalized spacial score (nSPS) is 18.7. The van der Waals surface area contributed by atoms with Crippen molar-refractivity contribution in [3.8, 4) is 5.75 Å². The van der Waals surface area contributed by atoms with E-state index in [4.69, 9.17) is 4.74 Å². The molecule has 112 valence electrons. The van der Waals surface area contributed by atoms with Crippen molar-refractivity contribution in [1.29, 1.82) is 0 Å². The minimum Gasteiger partial charge on any atom is -0.496 e. The topological polar surface area (TPSA) is 44.7 Å². The van der Waals surface area contributed by atoms with Crippen LogP contribution >= 0.6 is 0 Å². The van der Waals surface area contributed by atoms with E-state index >= 15 is 0 Å². The van der Waals surface area contributed by atoms with Crippen LogP contribution in [0.4, 0.5) is 0 Å². The second-order valence-corrected chi connectivity index (χ2v) is 5.56. The quantitative estimate of drug-likeness (QED) is 0.794. The minimum absolute atomic E-state index is 0.210. The molecular formula is C16H26N2O2. The molecule has 0 bridgehead atoms. The number of ether oxygens (including phenoxy) is 1. The van der Waals surface area contributed by atoms with Gasteiger partial charge in [0.25, 0.3) is 0 Å². The Morgan fingerprint density at radius 2 is 2.30 bits per heavy atom. The molecule has 1 aromatic rings. The maximum Gasteiger partial charge on any atom is 0.121 e. The van der Waals surface area contributed by atoms with Crippen LogP contribution in [0.15, 0.2) is 18.2 Å². The second kappa shape index (κ2) is 7.62. The molecular weight excluding hydrogens is 252 g/mol. The fourth-order valence-corrected chi connectivity index (χ4v) is 2.90. The van der Waals surface area contributed by atoms with E-state index in [0.29, 0.717) is 6.04 Å². The van der Waals surface area contributed by atoms with E-state index in [1.54, 1.807) is 7.11 Å². The standard InChI is InChI=1S/C16H26N2O2/c1-13-10-14(5-6-16(13)20-2)11-18(8-9-19)12-15-4-3-7-17-15/h5-6,10,15,17,19H,3-4,7-9,11-12H2,1-2H3. The van der Waals surface area contributed by atoms with Crippen LogP contribution in [-0.2, 0) is 6.54 Å². The van der Waals surface area contributed by atoms with Gasteiger partial charge in [0.1, 0.15) is 5.75 Å². The van der Waals surface area contributed by atoms with Crippen molar-refractivity contribution in [2.75, 3.05) is 33.4 Å². The van der Waals surface area contributed by atoms with Gasteiger partial charge in [-0.1, -0.05) is 12.1 Å².